The zero-order valence-corrected chi connectivity index (χ0v) is 15.5. The topological polar surface area (TPSA) is 111 Å². The maximum Gasteiger partial charge on any atom is 0.338 e. The van der Waals surface area contributed by atoms with Gasteiger partial charge in [-0.3, -0.25) is 4.72 Å². The normalized spacial score (nSPS) is 10.9. The number of hydrogen-bond donors (Lipinski definition) is 2. The molecule has 0 saturated heterocycles. The van der Waals surface area contributed by atoms with E-state index in [0.29, 0.717) is 0 Å². The number of ether oxygens (including phenoxy) is 3. The summed E-state index contributed by atoms with van der Waals surface area (Å²) in [6.45, 7) is 1.82. The van der Waals surface area contributed by atoms with Crippen LogP contribution in [0.2, 0.25) is 0 Å². The van der Waals surface area contributed by atoms with Crippen molar-refractivity contribution in [3.63, 3.8) is 0 Å². The fraction of sp³-hybridized carbons (Fsp3) is 0.235. The van der Waals surface area contributed by atoms with Crippen molar-refractivity contribution in [3.05, 3.63) is 41.5 Å². The number of sulfonamides is 1. The van der Waals surface area contributed by atoms with Crippen LogP contribution in [-0.4, -0.2) is 40.8 Å². The van der Waals surface area contributed by atoms with Crippen molar-refractivity contribution < 1.29 is 32.5 Å². The number of rotatable bonds is 7. The average molecular weight is 381 g/mol. The van der Waals surface area contributed by atoms with Crippen molar-refractivity contribution in [1.82, 2.24) is 0 Å². The second-order valence-electron chi connectivity index (χ2n) is 5.29. The first-order chi connectivity index (χ1) is 12.2. The fourth-order valence-electron chi connectivity index (χ4n) is 2.34. The molecule has 0 fully saturated rings. The Labute approximate surface area is 151 Å². The number of aromatic carboxylic acids is 1. The summed E-state index contributed by atoms with van der Waals surface area (Å²) >= 11 is 0. The third kappa shape index (κ3) is 3.67. The highest BCUT2D eigenvalue weighted by Crippen LogP contribution is 2.45. The number of methoxy groups -OCH3 is 3. The minimum absolute atomic E-state index is 0.0173. The van der Waals surface area contributed by atoms with Gasteiger partial charge in [-0.25, -0.2) is 13.2 Å². The van der Waals surface area contributed by atoms with Gasteiger partial charge in [-0.15, -0.1) is 0 Å². The van der Waals surface area contributed by atoms with E-state index in [4.69, 9.17) is 14.2 Å². The Hall–Kier alpha value is -2.94. The van der Waals surface area contributed by atoms with Crippen molar-refractivity contribution >= 4 is 21.7 Å². The summed E-state index contributed by atoms with van der Waals surface area (Å²) in [4.78, 5) is 11.6. The minimum Gasteiger partial charge on any atom is -0.493 e. The van der Waals surface area contributed by atoms with E-state index in [1.807, 2.05) is 6.92 Å². The molecule has 2 N–H and O–H groups in total. The molecule has 2 aromatic rings. The molecule has 26 heavy (non-hydrogen) atoms. The Morgan fingerprint density at radius 1 is 1.00 bits per heavy atom. The Morgan fingerprint density at radius 2 is 1.58 bits per heavy atom. The van der Waals surface area contributed by atoms with Crippen LogP contribution in [0.5, 0.6) is 17.2 Å². The van der Waals surface area contributed by atoms with Gasteiger partial charge >= 0.3 is 5.97 Å². The van der Waals surface area contributed by atoms with Crippen LogP contribution in [0.3, 0.4) is 0 Å². The second-order valence-corrected chi connectivity index (χ2v) is 6.97. The first kappa shape index (κ1) is 19.4. The highest BCUT2D eigenvalue weighted by Gasteiger charge is 2.27. The van der Waals surface area contributed by atoms with E-state index in [0.717, 1.165) is 11.6 Å². The summed E-state index contributed by atoms with van der Waals surface area (Å²) in [6, 6.07) is 7.28. The predicted octanol–water partition coefficient (Wildman–Crippen LogP) is 2.52. The maximum atomic E-state index is 12.7. The molecule has 0 spiro atoms. The summed E-state index contributed by atoms with van der Waals surface area (Å²) in [6.07, 6.45) is 0. The Bertz CT molecular complexity index is 921. The van der Waals surface area contributed by atoms with Crippen LogP contribution in [-0.2, 0) is 10.0 Å². The molecule has 9 heteroatoms. The largest absolute Gasteiger partial charge is 0.493 e. The Kier molecular flexibility index (Phi) is 5.61. The van der Waals surface area contributed by atoms with Crippen LogP contribution >= 0.6 is 0 Å². The van der Waals surface area contributed by atoms with E-state index in [9.17, 15) is 18.3 Å². The van der Waals surface area contributed by atoms with Crippen molar-refractivity contribution in [2.45, 2.75) is 11.8 Å². The van der Waals surface area contributed by atoms with E-state index in [2.05, 4.69) is 4.72 Å². The molecule has 0 heterocycles. The highest BCUT2D eigenvalue weighted by molar-refractivity contribution is 7.92. The quantitative estimate of drug-likeness (QED) is 0.758. The number of carbonyl (C=O) groups is 1. The summed E-state index contributed by atoms with van der Waals surface area (Å²) in [5, 5.41) is 9.49. The zero-order chi connectivity index (χ0) is 19.5. The molecule has 0 aliphatic carbocycles. The summed E-state index contributed by atoms with van der Waals surface area (Å²) in [5.41, 5.74) is 0.298. The molecule has 8 nitrogen and oxygen atoms in total. The van der Waals surface area contributed by atoms with Crippen LogP contribution < -0.4 is 18.9 Å². The van der Waals surface area contributed by atoms with Gasteiger partial charge in [0.05, 0.1) is 31.8 Å². The first-order valence-corrected chi connectivity index (χ1v) is 8.89. The molecule has 0 aliphatic heterocycles. The molecule has 0 aliphatic rings. The molecule has 0 unspecified atom stereocenters. The molecule has 2 rings (SSSR count). The van der Waals surface area contributed by atoms with Gasteiger partial charge in [-0.05, 0) is 19.1 Å². The van der Waals surface area contributed by atoms with Gasteiger partial charge in [0.15, 0.2) is 11.5 Å². The number of nitrogens with one attached hydrogen (secondary N) is 1. The molecule has 140 valence electrons. The summed E-state index contributed by atoms with van der Waals surface area (Å²) in [7, 11) is -0.118. The van der Waals surface area contributed by atoms with Gasteiger partial charge in [-0.1, -0.05) is 17.7 Å². The van der Waals surface area contributed by atoms with E-state index in [-0.39, 0.29) is 33.4 Å². The number of carboxylic acids is 1. The molecular weight excluding hydrogens is 362 g/mol. The molecule has 0 atom stereocenters. The van der Waals surface area contributed by atoms with Crippen molar-refractivity contribution in [2.24, 2.45) is 0 Å². The van der Waals surface area contributed by atoms with Crippen molar-refractivity contribution in [3.8, 4) is 17.2 Å². The van der Waals surface area contributed by atoms with Crippen LogP contribution in [0.25, 0.3) is 0 Å². The zero-order valence-electron chi connectivity index (χ0n) is 14.7. The summed E-state index contributed by atoms with van der Waals surface area (Å²) in [5.74, 6) is -1.28. The maximum absolute atomic E-state index is 12.7. The smallest absolute Gasteiger partial charge is 0.338 e. The van der Waals surface area contributed by atoms with E-state index in [1.165, 1.54) is 33.5 Å². The highest BCUT2D eigenvalue weighted by atomic mass is 32.2. The molecule has 0 amide bonds. The van der Waals surface area contributed by atoms with Gasteiger partial charge in [0.2, 0.25) is 5.75 Å². The molecule has 0 saturated carbocycles. The Balaban J connectivity index is 2.67. The lowest BCUT2D eigenvalue weighted by atomic mass is 10.1. The van der Waals surface area contributed by atoms with Crippen molar-refractivity contribution in [1.29, 1.82) is 0 Å². The van der Waals surface area contributed by atoms with Gasteiger partial charge in [-0.2, -0.15) is 0 Å². The molecule has 2 aromatic carbocycles. The molecule has 0 bridgehead atoms. The van der Waals surface area contributed by atoms with Crippen LogP contribution in [0.15, 0.2) is 35.2 Å². The summed E-state index contributed by atoms with van der Waals surface area (Å²) < 4.78 is 43.1. The third-order valence-electron chi connectivity index (χ3n) is 3.63. The van der Waals surface area contributed by atoms with E-state index >= 15 is 0 Å². The fourth-order valence-corrected chi connectivity index (χ4v) is 3.42. The van der Waals surface area contributed by atoms with E-state index < -0.39 is 16.0 Å². The predicted molar refractivity (Wildman–Crippen MR) is 95.0 cm³/mol. The molecular formula is C17H19NO7S. The number of carboxylic acid groups (broad SMARTS) is 1. The van der Waals surface area contributed by atoms with Gasteiger partial charge in [0.1, 0.15) is 5.69 Å². The number of aryl methyl sites for hydroxylation is 1. The third-order valence-corrected chi connectivity index (χ3v) is 4.99. The number of hydrogen-bond acceptors (Lipinski definition) is 6. The monoisotopic (exact) mass is 381 g/mol. The van der Waals surface area contributed by atoms with Crippen LogP contribution in [0, 0.1) is 6.92 Å². The lowest BCUT2D eigenvalue weighted by Crippen LogP contribution is -2.17. The molecule has 0 radical (unpaired) electrons. The lowest BCUT2D eigenvalue weighted by molar-refractivity contribution is 0.0697. The lowest BCUT2D eigenvalue weighted by Gasteiger charge is -2.19. The average Bonchev–Trinajstić information content (AvgIpc) is 2.60. The number of anilines is 1. The minimum atomic E-state index is -4.05. The van der Waals surface area contributed by atoms with Gasteiger partial charge in [0, 0.05) is 6.07 Å². The first-order valence-electron chi connectivity index (χ1n) is 7.41. The second kappa shape index (κ2) is 7.52. The van der Waals surface area contributed by atoms with E-state index in [1.54, 1.807) is 12.1 Å². The van der Waals surface area contributed by atoms with Gasteiger partial charge in [0.25, 0.3) is 10.0 Å². The SMILES string of the molecule is COc1cc(C(=O)O)c(NS(=O)(=O)c2ccc(C)cc2)c(OC)c1OC. The number of benzene rings is 2. The van der Waals surface area contributed by atoms with Crippen molar-refractivity contribution in [2.75, 3.05) is 26.1 Å². The van der Waals surface area contributed by atoms with Gasteiger partial charge < -0.3 is 19.3 Å². The molecule has 0 aromatic heterocycles. The Morgan fingerprint density at radius 3 is 2.04 bits per heavy atom. The van der Waals surface area contributed by atoms with Crippen LogP contribution in [0.1, 0.15) is 15.9 Å². The standard InChI is InChI=1S/C17H19NO7S/c1-10-5-7-11(8-6-10)26(21,22)18-14-12(17(19)20)9-13(23-2)15(24-3)16(14)25-4/h5-9,18H,1-4H3,(H,19,20). The van der Waals surface area contributed by atoms with Crippen LogP contribution in [0.4, 0.5) is 5.69 Å².